The van der Waals surface area contributed by atoms with Gasteiger partial charge in [-0.25, -0.2) is 0 Å². The van der Waals surface area contributed by atoms with E-state index in [-0.39, 0.29) is 0 Å². The molecule has 0 aliphatic carbocycles. The van der Waals surface area contributed by atoms with E-state index in [0.717, 1.165) is 20.5 Å². The molecule has 0 saturated heterocycles. The Balaban J connectivity index is 2.60. The van der Waals surface area contributed by atoms with Crippen molar-refractivity contribution < 1.29 is 0 Å². The normalized spacial score (nSPS) is 16.0. The van der Waals surface area contributed by atoms with Crippen LogP contribution in [0.1, 0.15) is 5.56 Å². The molecule has 0 atom stereocenters. The summed E-state index contributed by atoms with van der Waals surface area (Å²) in [5.74, 6) is 0. The standard InChI is InChI=1S/C6H2N4S/c1-3-5-4(2-8-9-5)11-6(3)10-7-1/h1-2H. The number of azo groups is 1. The molecule has 0 unspecified atom stereocenters. The van der Waals surface area contributed by atoms with Gasteiger partial charge >= 0.3 is 0 Å². The van der Waals surface area contributed by atoms with E-state index in [2.05, 4.69) is 20.4 Å². The molecule has 1 aromatic rings. The number of hydrogen-bond donors (Lipinski definition) is 0. The zero-order chi connectivity index (χ0) is 7.26. The maximum absolute atomic E-state index is 3.96. The highest BCUT2D eigenvalue weighted by molar-refractivity contribution is 7.08. The largest absolute Gasteiger partial charge is 0.157 e. The van der Waals surface area contributed by atoms with Crippen molar-refractivity contribution in [2.24, 2.45) is 20.4 Å². The van der Waals surface area contributed by atoms with Gasteiger partial charge in [-0.15, -0.1) is 21.6 Å². The first-order valence-electron chi connectivity index (χ1n) is 3.10. The van der Waals surface area contributed by atoms with Crippen molar-refractivity contribution in [2.75, 3.05) is 0 Å². The summed E-state index contributed by atoms with van der Waals surface area (Å²) in [6.45, 7) is 0. The van der Waals surface area contributed by atoms with Gasteiger partial charge in [-0.3, -0.25) is 0 Å². The van der Waals surface area contributed by atoms with E-state index in [1.54, 1.807) is 23.8 Å². The second kappa shape index (κ2) is 1.62. The fourth-order valence-corrected chi connectivity index (χ4v) is 2.00. The van der Waals surface area contributed by atoms with Gasteiger partial charge in [0, 0.05) is 0 Å². The Hall–Kier alpha value is -1.36. The molecule has 52 valence electrons. The van der Waals surface area contributed by atoms with Crippen LogP contribution in [0.5, 0.6) is 0 Å². The molecule has 1 aromatic heterocycles. The molecular weight excluding hydrogens is 160 g/mol. The van der Waals surface area contributed by atoms with Crippen LogP contribution in [0.4, 0.5) is 5.69 Å². The van der Waals surface area contributed by atoms with Crippen LogP contribution in [0.25, 0.3) is 6.20 Å². The van der Waals surface area contributed by atoms with E-state index >= 15 is 0 Å². The molecule has 11 heavy (non-hydrogen) atoms. The molecule has 0 N–H and O–H groups in total. The van der Waals surface area contributed by atoms with Gasteiger partial charge in [0.15, 0.2) is 4.67 Å². The fourth-order valence-electron chi connectivity index (χ4n) is 1.10. The fraction of sp³-hybridized carbons (Fsp3) is 0. The molecule has 2 aliphatic rings. The molecule has 0 spiro atoms. The van der Waals surface area contributed by atoms with Gasteiger partial charge in [-0.05, 0) is 0 Å². The lowest BCUT2D eigenvalue weighted by Crippen LogP contribution is -1.93. The van der Waals surface area contributed by atoms with Gasteiger partial charge in [-0.1, -0.05) is 0 Å². The minimum absolute atomic E-state index is 0.926. The summed E-state index contributed by atoms with van der Waals surface area (Å²) in [6, 6.07) is 0. The number of rotatable bonds is 0. The second-order valence-electron chi connectivity index (χ2n) is 2.22. The first-order chi connectivity index (χ1) is 5.45. The van der Waals surface area contributed by atoms with E-state index in [4.69, 9.17) is 0 Å². The predicted octanol–water partition coefficient (Wildman–Crippen LogP) is 0.550. The average Bonchev–Trinajstić information content (AvgIpc) is 2.52. The number of hydrogen-bond acceptors (Lipinski definition) is 5. The van der Waals surface area contributed by atoms with Crippen LogP contribution < -0.4 is 9.20 Å². The summed E-state index contributed by atoms with van der Waals surface area (Å²) in [7, 11) is 0. The lowest BCUT2D eigenvalue weighted by Gasteiger charge is -1.78. The van der Waals surface area contributed by atoms with Gasteiger partial charge in [0.2, 0.25) is 0 Å². The van der Waals surface area contributed by atoms with Crippen molar-refractivity contribution in [3.8, 4) is 0 Å². The van der Waals surface area contributed by atoms with Gasteiger partial charge in [0.1, 0.15) is 5.69 Å². The highest BCUT2D eigenvalue weighted by Gasteiger charge is 2.14. The summed E-state index contributed by atoms with van der Waals surface area (Å²) in [6.07, 6.45) is 3.48. The summed E-state index contributed by atoms with van der Waals surface area (Å²) in [5, 5.41) is 15.5. The summed E-state index contributed by atoms with van der Waals surface area (Å²) < 4.78 is 2.04. The van der Waals surface area contributed by atoms with Gasteiger partial charge in [-0.2, -0.15) is 10.2 Å². The second-order valence-corrected chi connectivity index (χ2v) is 3.25. The van der Waals surface area contributed by atoms with Crippen LogP contribution in [0.15, 0.2) is 20.4 Å². The molecule has 0 saturated carbocycles. The Bertz CT molecular complexity index is 449. The Morgan fingerprint density at radius 2 is 2.36 bits per heavy atom. The zero-order valence-electron chi connectivity index (χ0n) is 5.35. The molecule has 3 heterocycles. The SMILES string of the molecule is C1=NN=c2sc3c(c21)N=NC=3. The lowest BCUT2D eigenvalue weighted by atomic mass is 10.3. The third kappa shape index (κ3) is 0.537. The van der Waals surface area contributed by atoms with Crippen molar-refractivity contribution in [1.29, 1.82) is 0 Å². The van der Waals surface area contributed by atoms with E-state index in [0.29, 0.717) is 0 Å². The van der Waals surface area contributed by atoms with E-state index < -0.39 is 0 Å². The van der Waals surface area contributed by atoms with E-state index in [1.165, 1.54) is 0 Å². The zero-order valence-corrected chi connectivity index (χ0v) is 6.17. The molecule has 4 nitrogen and oxygen atoms in total. The first-order valence-corrected chi connectivity index (χ1v) is 3.92. The lowest BCUT2D eigenvalue weighted by molar-refractivity contribution is 1.21. The Kier molecular flexibility index (Phi) is 0.783. The number of fused-ring (bicyclic) bond motifs is 3. The molecule has 2 aliphatic heterocycles. The highest BCUT2D eigenvalue weighted by atomic mass is 32.1. The van der Waals surface area contributed by atoms with E-state index in [9.17, 15) is 0 Å². The third-order valence-electron chi connectivity index (χ3n) is 1.59. The van der Waals surface area contributed by atoms with E-state index in [1.807, 2.05) is 0 Å². The average molecular weight is 162 g/mol. The third-order valence-corrected chi connectivity index (χ3v) is 2.61. The van der Waals surface area contributed by atoms with Crippen LogP contribution in [0.2, 0.25) is 0 Å². The molecule has 0 amide bonds. The highest BCUT2D eigenvalue weighted by Crippen LogP contribution is 2.17. The molecule has 0 radical (unpaired) electrons. The molecule has 0 bridgehead atoms. The van der Waals surface area contributed by atoms with Crippen LogP contribution >= 0.6 is 11.3 Å². The Morgan fingerprint density at radius 3 is 3.36 bits per heavy atom. The molecule has 0 fully saturated rings. The smallest absolute Gasteiger partial charge is 0.150 e. The number of thiophene rings is 1. The first kappa shape index (κ1) is 5.31. The Morgan fingerprint density at radius 1 is 1.36 bits per heavy atom. The van der Waals surface area contributed by atoms with Crippen molar-refractivity contribution >= 4 is 29.4 Å². The van der Waals surface area contributed by atoms with Gasteiger partial charge < -0.3 is 0 Å². The maximum atomic E-state index is 3.96. The van der Waals surface area contributed by atoms with Crippen molar-refractivity contribution in [1.82, 2.24) is 0 Å². The minimum Gasteiger partial charge on any atom is -0.157 e. The minimum atomic E-state index is 0.926. The van der Waals surface area contributed by atoms with Crippen molar-refractivity contribution in [2.45, 2.75) is 0 Å². The van der Waals surface area contributed by atoms with Crippen LogP contribution in [-0.2, 0) is 0 Å². The summed E-state index contributed by atoms with van der Waals surface area (Å²) in [4.78, 5) is 0. The molecule has 3 rings (SSSR count). The number of nitrogens with zero attached hydrogens (tertiary/aromatic N) is 4. The van der Waals surface area contributed by atoms with Crippen LogP contribution in [-0.4, -0.2) is 6.21 Å². The molecule has 5 heteroatoms. The summed E-state index contributed by atoms with van der Waals surface area (Å²) >= 11 is 1.58. The van der Waals surface area contributed by atoms with Crippen molar-refractivity contribution in [3.05, 3.63) is 14.8 Å². The predicted molar refractivity (Wildman–Crippen MR) is 41.7 cm³/mol. The monoisotopic (exact) mass is 162 g/mol. The van der Waals surface area contributed by atoms with Gasteiger partial charge in [0.05, 0.1) is 22.5 Å². The van der Waals surface area contributed by atoms with Crippen LogP contribution in [0.3, 0.4) is 0 Å². The summed E-state index contributed by atoms with van der Waals surface area (Å²) in [5.41, 5.74) is 1.94. The quantitative estimate of drug-likeness (QED) is 0.535. The van der Waals surface area contributed by atoms with Gasteiger partial charge in [0.25, 0.3) is 0 Å². The van der Waals surface area contributed by atoms with Crippen molar-refractivity contribution in [3.63, 3.8) is 0 Å². The maximum Gasteiger partial charge on any atom is 0.150 e. The molecule has 0 aromatic carbocycles. The Labute approximate surface area is 65.3 Å². The van der Waals surface area contributed by atoms with Crippen LogP contribution in [0, 0.1) is 0 Å². The topological polar surface area (TPSA) is 49.4 Å². The molecular formula is C6H2N4S.